The molecule has 2 N–H and O–H groups in total. The standard InChI is InChI=1S/C18H19N3O5/c1-11-8-12(2)13(3)16(9-11)25-10-17(22)26-20-18(19)14-4-6-15(7-5-14)21(23)24/h4-9H,10H2,1-3H3,(H2,19,20). The van der Waals surface area contributed by atoms with Crippen LogP contribution in [-0.2, 0) is 9.63 Å². The first-order valence-corrected chi connectivity index (χ1v) is 7.76. The summed E-state index contributed by atoms with van der Waals surface area (Å²) in [5, 5.41) is 14.1. The van der Waals surface area contributed by atoms with Gasteiger partial charge in [-0.25, -0.2) is 4.79 Å². The molecular formula is C18H19N3O5. The number of hydrogen-bond acceptors (Lipinski definition) is 6. The lowest BCUT2D eigenvalue weighted by molar-refractivity contribution is -0.384. The molecule has 0 bridgehead atoms. The fourth-order valence-electron chi connectivity index (χ4n) is 2.22. The zero-order valence-electron chi connectivity index (χ0n) is 14.7. The van der Waals surface area contributed by atoms with Gasteiger partial charge < -0.3 is 15.3 Å². The summed E-state index contributed by atoms with van der Waals surface area (Å²) in [5.41, 5.74) is 9.06. The third-order valence-electron chi connectivity index (χ3n) is 3.73. The van der Waals surface area contributed by atoms with Crippen molar-refractivity contribution in [1.82, 2.24) is 0 Å². The summed E-state index contributed by atoms with van der Waals surface area (Å²) in [6.45, 7) is 5.48. The molecule has 0 aliphatic heterocycles. The molecule has 0 fully saturated rings. The van der Waals surface area contributed by atoms with Crippen molar-refractivity contribution in [3.05, 3.63) is 68.8 Å². The van der Waals surface area contributed by atoms with Crippen molar-refractivity contribution >= 4 is 17.5 Å². The highest BCUT2D eigenvalue weighted by molar-refractivity contribution is 5.97. The number of carbonyl (C=O) groups excluding carboxylic acids is 1. The number of carbonyl (C=O) groups is 1. The second kappa shape index (κ2) is 8.11. The fourth-order valence-corrected chi connectivity index (χ4v) is 2.22. The molecule has 0 heterocycles. The average Bonchev–Trinajstić information content (AvgIpc) is 2.61. The Morgan fingerprint density at radius 1 is 1.19 bits per heavy atom. The van der Waals surface area contributed by atoms with E-state index in [4.69, 9.17) is 15.3 Å². The van der Waals surface area contributed by atoms with Crippen molar-refractivity contribution in [1.29, 1.82) is 0 Å². The monoisotopic (exact) mass is 357 g/mol. The summed E-state index contributed by atoms with van der Waals surface area (Å²) in [4.78, 5) is 26.6. The van der Waals surface area contributed by atoms with Gasteiger partial charge in [-0.1, -0.05) is 11.2 Å². The van der Waals surface area contributed by atoms with E-state index >= 15 is 0 Å². The van der Waals surface area contributed by atoms with E-state index in [0.717, 1.165) is 16.7 Å². The second-order valence-corrected chi connectivity index (χ2v) is 5.74. The van der Waals surface area contributed by atoms with Gasteiger partial charge in [0, 0.05) is 17.7 Å². The van der Waals surface area contributed by atoms with Crippen LogP contribution < -0.4 is 10.5 Å². The minimum Gasteiger partial charge on any atom is -0.482 e. The van der Waals surface area contributed by atoms with Crippen LogP contribution in [-0.4, -0.2) is 23.3 Å². The van der Waals surface area contributed by atoms with E-state index in [1.54, 1.807) is 0 Å². The van der Waals surface area contributed by atoms with Crippen LogP contribution in [0.15, 0.2) is 41.6 Å². The van der Waals surface area contributed by atoms with Crippen LogP contribution in [0.2, 0.25) is 0 Å². The molecule has 136 valence electrons. The van der Waals surface area contributed by atoms with E-state index in [9.17, 15) is 14.9 Å². The zero-order valence-corrected chi connectivity index (χ0v) is 14.7. The average molecular weight is 357 g/mol. The maximum Gasteiger partial charge on any atom is 0.372 e. The molecule has 0 atom stereocenters. The molecule has 2 rings (SSSR count). The number of hydrogen-bond donors (Lipinski definition) is 1. The van der Waals surface area contributed by atoms with E-state index in [0.29, 0.717) is 11.3 Å². The quantitative estimate of drug-likeness (QED) is 0.279. The van der Waals surface area contributed by atoms with Crippen LogP contribution in [0, 0.1) is 30.9 Å². The van der Waals surface area contributed by atoms with E-state index in [-0.39, 0.29) is 18.1 Å². The van der Waals surface area contributed by atoms with Gasteiger partial charge >= 0.3 is 5.97 Å². The lowest BCUT2D eigenvalue weighted by Gasteiger charge is -2.11. The first-order valence-electron chi connectivity index (χ1n) is 7.76. The molecule has 0 aromatic heterocycles. The molecule has 0 spiro atoms. The molecule has 26 heavy (non-hydrogen) atoms. The number of aryl methyl sites for hydroxylation is 2. The summed E-state index contributed by atoms with van der Waals surface area (Å²) in [6, 6.07) is 9.26. The number of ether oxygens (including phenoxy) is 1. The largest absolute Gasteiger partial charge is 0.482 e. The number of nitro benzene ring substituents is 1. The van der Waals surface area contributed by atoms with Crippen molar-refractivity contribution in [3.63, 3.8) is 0 Å². The summed E-state index contributed by atoms with van der Waals surface area (Å²) in [5.74, 6) is -0.184. The van der Waals surface area contributed by atoms with E-state index in [2.05, 4.69) is 5.16 Å². The predicted octanol–water partition coefficient (Wildman–Crippen LogP) is 2.76. The number of nitrogens with zero attached hydrogens (tertiary/aromatic N) is 2. The Morgan fingerprint density at radius 3 is 2.46 bits per heavy atom. The molecule has 0 amide bonds. The Morgan fingerprint density at radius 2 is 1.85 bits per heavy atom. The van der Waals surface area contributed by atoms with Gasteiger partial charge in [0.1, 0.15) is 5.75 Å². The molecule has 0 aliphatic carbocycles. The first kappa shape index (κ1) is 18.9. The van der Waals surface area contributed by atoms with Crippen LogP contribution in [0.5, 0.6) is 5.75 Å². The number of rotatable bonds is 6. The molecule has 2 aromatic rings. The van der Waals surface area contributed by atoms with Gasteiger partial charge in [0.2, 0.25) is 0 Å². The highest BCUT2D eigenvalue weighted by atomic mass is 16.7. The Balaban J connectivity index is 1.95. The highest BCUT2D eigenvalue weighted by Crippen LogP contribution is 2.23. The Kier molecular flexibility index (Phi) is 5.90. The van der Waals surface area contributed by atoms with Crippen molar-refractivity contribution in [2.45, 2.75) is 20.8 Å². The van der Waals surface area contributed by atoms with Gasteiger partial charge in [-0.3, -0.25) is 10.1 Å². The van der Waals surface area contributed by atoms with Gasteiger partial charge in [-0.05, 0) is 55.7 Å². The lowest BCUT2D eigenvalue weighted by Crippen LogP contribution is -2.18. The number of nitrogens with two attached hydrogens (primary N) is 1. The van der Waals surface area contributed by atoms with Crippen LogP contribution in [0.25, 0.3) is 0 Å². The van der Waals surface area contributed by atoms with Crippen LogP contribution >= 0.6 is 0 Å². The van der Waals surface area contributed by atoms with E-state index in [1.807, 2.05) is 32.9 Å². The minimum atomic E-state index is -0.714. The minimum absolute atomic E-state index is 0.0733. The van der Waals surface area contributed by atoms with Crippen LogP contribution in [0.3, 0.4) is 0 Å². The number of amidine groups is 1. The molecule has 2 aromatic carbocycles. The third-order valence-corrected chi connectivity index (χ3v) is 3.73. The fraction of sp³-hybridized carbons (Fsp3) is 0.222. The summed E-state index contributed by atoms with van der Waals surface area (Å²) >= 11 is 0. The maximum atomic E-state index is 11.8. The van der Waals surface area contributed by atoms with Gasteiger partial charge in [0.15, 0.2) is 12.4 Å². The molecule has 0 radical (unpaired) electrons. The summed E-state index contributed by atoms with van der Waals surface area (Å²) in [6.07, 6.45) is 0. The van der Waals surface area contributed by atoms with Crippen molar-refractivity contribution in [2.24, 2.45) is 10.9 Å². The molecule has 8 heteroatoms. The van der Waals surface area contributed by atoms with Crippen LogP contribution in [0.4, 0.5) is 5.69 Å². The highest BCUT2D eigenvalue weighted by Gasteiger charge is 2.10. The molecular weight excluding hydrogens is 338 g/mol. The predicted molar refractivity (Wildman–Crippen MR) is 96.1 cm³/mol. The van der Waals surface area contributed by atoms with Gasteiger partial charge in [0.05, 0.1) is 4.92 Å². The zero-order chi connectivity index (χ0) is 19.3. The summed E-state index contributed by atoms with van der Waals surface area (Å²) < 4.78 is 5.48. The first-order chi connectivity index (χ1) is 12.3. The maximum absolute atomic E-state index is 11.8. The van der Waals surface area contributed by atoms with Crippen LogP contribution in [0.1, 0.15) is 22.3 Å². The molecule has 0 unspecified atom stereocenters. The number of non-ortho nitro benzene ring substituents is 1. The molecule has 0 aliphatic rings. The van der Waals surface area contributed by atoms with Gasteiger partial charge in [0.25, 0.3) is 5.69 Å². The van der Waals surface area contributed by atoms with E-state index < -0.39 is 10.9 Å². The third kappa shape index (κ3) is 4.79. The second-order valence-electron chi connectivity index (χ2n) is 5.74. The van der Waals surface area contributed by atoms with Crippen molar-refractivity contribution in [3.8, 4) is 5.75 Å². The molecule has 0 saturated carbocycles. The van der Waals surface area contributed by atoms with Gasteiger partial charge in [-0.15, -0.1) is 0 Å². The number of oxime groups is 1. The SMILES string of the molecule is Cc1cc(C)c(C)c(OCC(=O)O/N=C(/N)c2ccc([N+](=O)[O-])cc2)c1. The Hall–Kier alpha value is -3.42. The van der Waals surface area contributed by atoms with Crippen molar-refractivity contribution in [2.75, 3.05) is 6.61 Å². The molecule has 0 saturated heterocycles. The number of benzene rings is 2. The Bertz CT molecular complexity index is 860. The smallest absolute Gasteiger partial charge is 0.372 e. The van der Waals surface area contributed by atoms with Crippen molar-refractivity contribution < 1.29 is 19.3 Å². The molecule has 8 nitrogen and oxygen atoms in total. The lowest BCUT2D eigenvalue weighted by atomic mass is 10.1. The normalized spacial score (nSPS) is 11.1. The van der Waals surface area contributed by atoms with Gasteiger partial charge in [-0.2, -0.15) is 0 Å². The topological polar surface area (TPSA) is 117 Å². The summed E-state index contributed by atoms with van der Waals surface area (Å²) in [7, 11) is 0. The van der Waals surface area contributed by atoms with E-state index in [1.165, 1.54) is 24.3 Å². The number of nitro groups is 1. The Labute approximate surface area is 150 Å².